The highest BCUT2D eigenvalue weighted by molar-refractivity contribution is 4.78. The molecule has 3 nitrogen and oxygen atoms in total. The highest BCUT2D eigenvalue weighted by Crippen LogP contribution is 2.25. The van der Waals surface area contributed by atoms with Crippen molar-refractivity contribution in [2.24, 2.45) is 11.8 Å². The second-order valence-corrected chi connectivity index (χ2v) is 5.66. The van der Waals surface area contributed by atoms with Gasteiger partial charge in [0.05, 0.1) is 6.61 Å². The third-order valence-corrected chi connectivity index (χ3v) is 4.06. The number of likely N-dealkylation sites (tertiary alicyclic amines) is 1. The lowest BCUT2D eigenvalue weighted by Crippen LogP contribution is -2.45. The van der Waals surface area contributed by atoms with Gasteiger partial charge in [0.1, 0.15) is 0 Å². The van der Waals surface area contributed by atoms with E-state index < -0.39 is 0 Å². The van der Waals surface area contributed by atoms with Gasteiger partial charge in [-0.05, 0) is 44.7 Å². The molecule has 102 valence electrons. The van der Waals surface area contributed by atoms with Crippen molar-refractivity contribution in [1.82, 2.24) is 10.2 Å². The maximum absolute atomic E-state index is 5.03. The van der Waals surface area contributed by atoms with Crippen LogP contribution in [0.5, 0.6) is 0 Å². The zero-order valence-corrected chi connectivity index (χ0v) is 12.0. The van der Waals surface area contributed by atoms with Crippen LogP contribution in [0.4, 0.5) is 0 Å². The van der Waals surface area contributed by atoms with Crippen molar-refractivity contribution in [2.75, 3.05) is 39.9 Å². The van der Waals surface area contributed by atoms with Crippen LogP contribution >= 0.6 is 0 Å². The maximum Gasteiger partial charge on any atom is 0.0587 e. The summed E-state index contributed by atoms with van der Waals surface area (Å²) in [5, 5.41) is 3.45. The van der Waals surface area contributed by atoms with E-state index in [0.29, 0.717) is 6.04 Å². The Hall–Kier alpha value is -0.120. The Labute approximate surface area is 107 Å². The first-order chi connectivity index (χ1) is 8.15. The summed E-state index contributed by atoms with van der Waals surface area (Å²) in [4.78, 5) is 2.62. The van der Waals surface area contributed by atoms with Crippen LogP contribution < -0.4 is 5.32 Å². The Kier molecular flexibility index (Phi) is 7.09. The summed E-state index contributed by atoms with van der Waals surface area (Å²) in [7, 11) is 1.75. The lowest BCUT2D eigenvalue weighted by Gasteiger charge is -2.37. The normalized spacial score (nSPS) is 21.0. The van der Waals surface area contributed by atoms with Gasteiger partial charge < -0.3 is 10.1 Å². The summed E-state index contributed by atoms with van der Waals surface area (Å²) >= 11 is 0. The van der Waals surface area contributed by atoms with Crippen molar-refractivity contribution in [3.05, 3.63) is 0 Å². The van der Waals surface area contributed by atoms with E-state index in [-0.39, 0.29) is 0 Å². The molecule has 0 bridgehead atoms. The summed E-state index contributed by atoms with van der Waals surface area (Å²) in [6.07, 6.45) is 2.75. The second kappa shape index (κ2) is 8.06. The molecule has 1 aliphatic rings. The first kappa shape index (κ1) is 14.9. The number of hydrogen-bond donors (Lipinski definition) is 1. The van der Waals surface area contributed by atoms with E-state index in [0.717, 1.165) is 31.5 Å². The van der Waals surface area contributed by atoms with E-state index in [9.17, 15) is 0 Å². The van der Waals surface area contributed by atoms with Crippen molar-refractivity contribution >= 4 is 0 Å². The zero-order valence-electron chi connectivity index (χ0n) is 12.0. The van der Waals surface area contributed by atoms with Gasteiger partial charge in [-0.3, -0.25) is 4.90 Å². The van der Waals surface area contributed by atoms with Crippen molar-refractivity contribution in [2.45, 2.75) is 39.7 Å². The van der Waals surface area contributed by atoms with Crippen LogP contribution in [-0.2, 0) is 4.74 Å². The Morgan fingerprint density at radius 2 is 1.88 bits per heavy atom. The van der Waals surface area contributed by atoms with Crippen LogP contribution in [0, 0.1) is 11.8 Å². The number of nitrogens with zero attached hydrogens (tertiary/aromatic N) is 1. The molecule has 1 N–H and O–H groups in total. The Balaban J connectivity index is 2.14. The fourth-order valence-electron chi connectivity index (χ4n) is 2.64. The standard InChI is InChI=1S/C14H30N2O/c1-12(2)14-5-8-16(9-6-14)13(3)11-15-7-10-17-4/h12-15H,5-11H2,1-4H3. The van der Waals surface area contributed by atoms with Gasteiger partial charge in [0, 0.05) is 26.2 Å². The largest absolute Gasteiger partial charge is 0.383 e. The number of rotatable bonds is 7. The average molecular weight is 242 g/mol. The molecule has 1 aliphatic heterocycles. The van der Waals surface area contributed by atoms with E-state index >= 15 is 0 Å². The minimum absolute atomic E-state index is 0.653. The van der Waals surface area contributed by atoms with Crippen molar-refractivity contribution in [3.8, 4) is 0 Å². The summed E-state index contributed by atoms with van der Waals surface area (Å²) in [6.45, 7) is 12.4. The lowest BCUT2D eigenvalue weighted by molar-refractivity contribution is 0.119. The van der Waals surface area contributed by atoms with E-state index in [1.54, 1.807) is 7.11 Å². The third kappa shape index (κ3) is 5.36. The molecule has 1 atom stereocenters. The van der Waals surface area contributed by atoms with Crippen LogP contribution in [0.25, 0.3) is 0 Å². The summed E-state index contributed by atoms with van der Waals surface area (Å²) in [5.41, 5.74) is 0. The van der Waals surface area contributed by atoms with Crippen molar-refractivity contribution < 1.29 is 4.74 Å². The number of piperidine rings is 1. The van der Waals surface area contributed by atoms with Gasteiger partial charge in [-0.1, -0.05) is 13.8 Å². The van der Waals surface area contributed by atoms with E-state index in [1.165, 1.54) is 25.9 Å². The number of hydrogen-bond acceptors (Lipinski definition) is 3. The molecule has 0 aromatic carbocycles. The Morgan fingerprint density at radius 1 is 1.24 bits per heavy atom. The number of nitrogens with one attached hydrogen (secondary N) is 1. The molecule has 0 amide bonds. The zero-order chi connectivity index (χ0) is 12.7. The number of ether oxygens (including phenoxy) is 1. The summed E-state index contributed by atoms with van der Waals surface area (Å²) in [6, 6.07) is 0.653. The first-order valence-corrected chi connectivity index (χ1v) is 7.08. The van der Waals surface area contributed by atoms with Gasteiger partial charge in [-0.15, -0.1) is 0 Å². The van der Waals surface area contributed by atoms with Crippen LogP contribution in [0.3, 0.4) is 0 Å². The molecule has 1 fully saturated rings. The minimum atomic E-state index is 0.653. The predicted octanol–water partition coefficient (Wildman–Crippen LogP) is 1.98. The third-order valence-electron chi connectivity index (χ3n) is 4.06. The van der Waals surface area contributed by atoms with Gasteiger partial charge in [-0.2, -0.15) is 0 Å². The molecule has 1 unspecified atom stereocenters. The molecule has 1 saturated heterocycles. The van der Waals surface area contributed by atoms with Crippen LogP contribution in [-0.4, -0.2) is 50.8 Å². The highest BCUT2D eigenvalue weighted by Gasteiger charge is 2.23. The number of methoxy groups -OCH3 is 1. The topological polar surface area (TPSA) is 24.5 Å². The molecule has 0 saturated carbocycles. The molecular formula is C14H30N2O. The van der Waals surface area contributed by atoms with Gasteiger partial charge >= 0.3 is 0 Å². The molecule has 17 heavy (non-hydrogen) atoms. The van der Waals surface area contributed by atoms with Gasteiger partial charge in [0.2, 0.25) is 0 Å². The fourth-order valence-corrected chi connectivity index (χ4v) is 2.64. The van der Waals surface area contributed by atoms with E-state index in [1.807, 2.05) is 0 Å². The fraction of sp³-hybridized carbons (Fsp3) is 1.00. The van der Waals surface area contributed by atoms with Crippen molar-refractivity contribution in [3.63, 3.8) is 0 Å². The van der Waals surface area contributed by atoms with Crippen molar-refractivity contribution in [1.29, 1.82) is 0 Å². The lowest BCUT2D eigenvalue weighted by atomic mass is 9.86. The predicted molar refractivity (Wildman–Crippen MR) is 73.3 cm³/mol. The Morgan fingerprint density at radius 3 is 2.41 bits per heavy atom. The molecule has 1 rings (SSSR count). The molecule has 0 spiro atoms. The quantitative estimate of drug-likeness (QED) is 0.691. The maximum atomic E-state index is 5.03. The SMILES string of the molecule is COCCNCC(C)N1CCC(C(C)C)CC1. The van der Waals surface area contributed by atoms with Gasteiger partial charge in [-0.25, -0.2) is 0 Å². The second-order valence-electron chi connectivity index (χ2n) is 5.66. The molecule has 0 radical (unpaired) electrons. The highest BCUT2D eigenvalue weighted by atomic mass is 16.5. The molecular weight excluding hydrogens is 212 g/mol. The summed E-state index contributed by atoms with van der Waals surface area (Å²) in [5.74, 6) is 1.80. The monoisotopic (exact) mass is 242 g/mol. The molecule has 1 heterocycles. The smallest absolute Gasteiger partial charge is 0.0587 e. The minimum Gasteiger partial charge on any atom is -0.383 e. The summed E-state index contributed by atoms with van der Waals surface area (Å²) < 4.78 is 5.03. The molecule has 0 aromatic heterocycles. The van der Waals surface area contributed by atoms with Crippen LogP contribution in [0.1, 0.15) is 33.6 Å². The molecule has 0 aromatic rings. The first-order valence-electron chi connectivity index (χ1n) is 7.08. The van der Waals surface area contributed by atoms with E-state index in [2.05, 4.69) is 31.0 Å². The van der Waals surface area contributed by atoms with E-state index in [4.69, 9.17) is 4.74 Å². The molecule has 0 aliphatic carbocycles. The van der Waals surface area contributed by atoms with Gasteiger partial charge in [0.25, 0.3) is 0 Å². The molecule has 3 heteroatoms. The van der Waals surface area contributed by atoms with Crippen LogP contribution in [0.15, 0.2) is 0 Å². The van der Waals surface area contributed by atoms with Crippen LogP contribution in [0.2, 0.25) is 0 Å². The average Bonchev–Trinajstić information content (AvgIpc) is 2.34. The van der Waals surface area contributed by atoms with Gasteiger partial charge in [0.15, 0.2) is 0 Å². The Bertz CT molecular complexity index is 189.